The van der Waals surface area contributed by atoms with E-state index in [0.717, 1.165) is 6.42 Å². The van der Waals surface area contributed by atoms with Crippen LogP contribution in [0.3, 0.4) is 0 Å². The molecule has 14 heavy (non-hydrogen) atoms. The van der Waals surface area contributed by atoms with Crippen LogP contribution in [0.4, 0.5) is 0 Å². The van der Waals surface area contributed by atoms with Gasteiger partial charge in [-0.15, -0.1) is 0 Å². The summed E-state index contributed by atoms with van der Waals surface area (Å²) in [5.74, 6) is 0.521. The Bertz CT molecular complexity index is 330. The molecule has 0 amide bonds. The lowest BCUT2D eigenvalue weighted by Gasteiger charge is -2.18. The molecule has 1 aromatic carbocycles. The predicted molar refractivity (Wildman–Crippen MR) is 60.5 cm³/mol. The maximum absolute atomic E-state index is 6.13. The molecule has 0 radical (unpaired) electrons. The largest absolute Gasteiger partial charge is 0.327 e. The molecule has 0 aromatic heterocycles. The van der Waals surface area contributed by atoms with Gasteiger partial charge in [-0.3, -0.25) is 0 Å². The van der Waals surface area contributed by atoms with Gasteiger partial charge in [-0.1, -0.05) is 30.7 Å². The molecule has 2 atom stereocenters. The highest BCUT2D eigenvalue weighted by atomic mass is 14.6. The van der Waals surface area contributed by atoms with E-state index in [0.29, 0.717) is 12.0 Å². The Balaban J connectivity index is 2.43. The van der Waals surface area contributed by atoms with Crippen LogP contribution < -0.4 is 5.73 Å². The molecule has 1 heteroatoms. The number of hydrogen-bond acceptors (Lipinski definition) is 1. The summed E-state index contributed by atoms with van der Waals surface area (Å²) in [7, 11) is 0. The zero-order chi connectivity index (χ0) is 10.1. The fourth-order valence-corrected chi connectivity index (χ4v) is 2.40. The summed E-state index contributed by atoms with van der Waals surface area (Å²) in [6.07, 6.45) is 3.60. The molecule has 0 saturated carbocycles. The lowest BCUT2D eigenvalue weighted by Crippen LogP contribution is -2.25. The van der Waals surface area contributed by atoms with E-state index in [1.807, 2.05) is 0 Å². The second-order valence-electron chi connectivity index (χ2n) is 4.55. The van der Waals surface area contributed by atoms with Crippen LogP contribution in [-0.2, 0) is 6.42 Å². The maximum atomic E-state index is 6.13. The molecule has 0 fully saturated rings. The van der Waals surface area contributed by atoms with Crippen LogP contribution in [0, 0.1) is 6.92 Å². The Labute approximate surface area is 86.3 Å². The third-order valence-corrected chi connectivity index (χ3v) is 3.41. The summed E-state index contributed by atoms with van der Waals surface area (Å²) in [6, 6.07) is 7.14. The van der Waals surface area contributed by atoms with E-state index in [1.165, 1.54) is 29.5 Å². The number of nitrogens with two attached hydrogens (primary N) is 1. The van der Waals surface area contributed by atoms with Crippen molar-refractivity contribution in [3.05, 3.63) is 34.9 Å². The van der Waals surface area contributed by atoms with Gasteiger partial charge in [-0.05, 0) is 43.2 Å². The zero-order valence-electron chi connectivity index (χ0n) is 9.09. The van der Waals surface area contributed by atoms with Crippen molar-refractivity contribution in [1.82, 2.24) is 0 Å². The van der Waals surface area contributed by atoms with Gasteiger partial charge < -0.3 is 5.73 Å². The second-order valence-corrected chi connectivity index (χ2v) is 4.55. The van der Waals surface area contributed by atoms with Gasteiger partial charge >= 0.3 is 0 Å². The van der Waals surface area contributed by atoms with Crippen molar-refractivity contribution in [3.63, 3.8) is 0 Å². The van der Waals surface area contributed by atoms with E-state index in [1.54, 1.807) is 0 Å². The smallest absolute Gasteiger partial charge is 0.0105 e. The van der Waals surface area contributed by atoms with Crippen molar-refractivity contribution in [3.8, 4) is 0 Å². The van der Waals surface area contributed by atoms with E-state index >= 15 is 0 Å². The lowest BCUT2D eigenvalue weighted by atomic mass is 9.90. The van der Waals surface area contributed by atoms with Crippen LogP contribution in [0.1, 0.15) is 42.4 Å². The molecule has 0 spiro atoms. The highest BCUT2D eigenvalue weighted by molar-refractivity contribution is 5.35. The topological polar surface area (TPSA) is 26.0 Å². The van der Waals surface area contributed by atoms with E-state index < -0.39 is 0 Å². The van der Waals surface area contributed by atoms with E-state index in [2.05, 4.69) is 32.0 Å². The second kappa shape index (κ2) is 3.74. The summed E-state index contributed by atoms with van der Waals surface area (Å²) in [4.78, 5) is 0. The summed E-state index contributed by atoms with van der Waals surface area (Å²) in [6.45, 7) is 4.42. The first kappa shape index (κ1) is 9.72. The van der Waals surface area contributed by atoms with Crippen molar-refractivity contribution in [2.24, 2.45) is 5.73 Å². The first-order chi connectivity index (χ1) is 6.68. The minimum atomic E-state index is 0.346. The molecule has 1 nitrogen and oxygen atoms in total. The van der Waals surface area contributed by atoms with Crippen LogP contribution in [0.15, 0.2) is 18.2 Å². The Kier molecular flexibility index (Phi) is 2.60. The molecule has 0 bridgehead atoms. The van der Waals surface area contributed by atoms with Crippen LogP contribution in [-0.4, -0.2) is 6.04 Å². The minimum Gasteiger partial charge on any atom is -0.327 e. The van der Waals surface area contributed by atoms with E-state index in [4.69, 9.17) is 5.73 Å². The standard InChI is InChI=1S/C13H19N/c1-9-6-7-12-10(2)13(14)5-3-4-11(12)8-9/h6-8,10,13H,3-5,14H2,1-2H3. The Hall–Kier alpha value is -0.820. The van der Waals surface area contributed by atoms with Gasteiger partial charge in [0.05, 0.1) is 0 Å². The molecular formula is C13H19N. The highest BCUT2D eigenvalue weighted by Gasteiger charge is 2.20. The molecule has 2 rings (SSSR count). The van der Waals surface area contributed by atoms with Gasteiger partial charge in [0.2, 0.25) is 0 Å². The molecule has 0 aliphatic heterocycles. The lowest BCUT2D eigenvalue weighted by molar-refractivity contribution is 0.531. The molecule has 1 aromatic rings. The Morgan fingerprint density at radius 2 is 2.14 bits per heavy atom. The number of benzene rings is 1. The quantitative estimate of drug-likeness (QED) is 0.624. The van der Waals surface area contributed by atoms with Crippen LogP contribution in [0.5, 0.6) is 0 Å². The summed E-state index contributed by atoms with van der Waals surface area (Å²) in [5, 5.41) is 0. The summed E-state index contributed by atoms with van der Waals surface area (Å²) in [5.41, 5.74) is 10.5. The number of rotatable bonds is 0. The molecule has 0 heterocycles. The maximum Gasteiger partial charge on any atom is 0.0105 e. The molecular weight excluding hydrogens is 170 g/mol. The van der Waals surface area contributed by atoms with Gasteiger partial charge in [-0.2, -0.15) is 0 Å². The molecule has 76 valence electrons. The van der Waals surface area contributed by atoms with Crippen molar-refractivity contribution >= 4 is 0 Å². The van der Waals surface area contributed by atoms with Crippen LogP contribution in [0.25, 0.3) is 0 Å². The fourth-order valence-electron chi connectivity index (χ4n) is 2.40. The average molecular weight is 189 g/mol. The van der Waals surface area contributed by atoms with Gasteiger partial charge in [-0.25, -0.2) is 0 Å². The minimum absolute atomic E-state index is 0.346. The van der Waals surface area contributed by atoms with Crippen molar-refractivity contribution in [1.29, 1.82) is 0 Å². The zero-order valence-corrected chi connectivity index (χ0v) is 9.09. The van der Waals surface area contributed by atoms with Crippen molar-refractivity contribution < 1.29 is 0 Å². The number of hydrogen-bond donors (Lipinski definition) is 1. The Morgan fingerprint density at radius 1 is 1.36 bits per heavy atom. The van der Waals surface area contributed by atoms with E-state index in [9.17, 15) is 0 Å². The average Bonchev–Trinajstić information content (AvgIpc) is 2.28. The molecule has 2 unspecified atom stereocenters. The fraction of sp³-hybridized carbons (Fsp3) is 0.538. The number of fused-ring (bicyclic) bond motifs is 1. The van der Waals surface area contributed by atoms with Gasteiger partial charge in [0, 0.05) is 6.04 Å². The van der Waals surface area contributed by atoms with Crippen molar-refractivity contribution in [2.45, 2.75) is 45.1 Å². The first-order valence-corrected chi connectivity index (χ1v) is 5.53. The van der Waals surface area contributed by atoms with Gasteiger partial charge in [0.25, 0.3) is 0 Å². The summed E-state index contributed by atoms with van der Waals surface area (Å²) >= 11 is 0. The highest BCUT2D eigenvalue weighted by Crippen LogP contribution is 2.29. The third-order valence-electron chi connectivity index (χ3n) is 3.41. The van der Waals surface area contributed by atoms with Crippen LogP contribution in [0.2, 0.25) is 0 Å². The SMILES string of the molecule is Cc1ccc2c(c1)CCCC(N)C2C. The van der Waals surface area contributed by atoms with Gasteiger partial charge in [0.15, 0.2) is 0 Å². The third kappa shape index (κ3) is 1.69. The number of aryl methyl sites for hydroxylation is 2. The summed E-state index contributed by atoms with van der Waals surface area (Å²) < 4.78 is 0. The van der Waals surface area contributed by atoms with Crippen molar-refractivity contribution in [2.75, 3.05) is 0 Å². The normalized spacial score (nSPS) is 26.8. The molecule has 2 N–H and O–H groups in total. The molecule has 1 aliphatic rings. The van der Waals surface area contributed by atoms with Crippen LogP contribution >= 0.6 is 0 Å². The predicted octanol–water partition coefficient (Wildman–Crippen LogP) is 2.76. The van der Waals surface area contributed by atoms with Gasteiger partial charge in [0.1, 0.15) is 0 Å². The molecule has 1 aliphatic carbocycles. The first-order valence-electron chi connectivity index (χ1n) is 5.53. The van der Waals surface area contributed by atoms with E-state index in [-0.39, 0.29) is 0 Å². The Morgan fingerprint density at radius 3 is 2.93 bits per heavy atom. The molecule has 0 saturated heterocycles. The monoisotopic (exact) mass is 189 g/mol.